The Morgan fingerprint density at radius 3 is 1.28 bits per heavy atom. The average molecular weight is 858 g/mol. The maximum absolute atomic E-state index is 13.6. The number of nitrogens with two attached hydrogens (primary N) is 4. The molecule has 0 aliphatic rings. The summed E-state index contributed by atoms with van der Waals surface area (Å²) in [5, 5.41) is 38.3. The number of para-hydroxylation sites is 3. The van der Waals surface area contributed by atoms with Crippen LogP contribution in [0.25, 0.3) is 22.3 Å². The van der Waals surface area contributed by atoms with E-state index < -0.39 is 28.6 Å². The van der Waals surface area contributed by atoms with Gasteiger partial charge < -0.3 is 33.0 Å². The molecule has 0 heterocycles. The number of hydrogen-bond donors (Lipinski definition) is 6. The molecule has 17 heteroatoms. The van der Waals surface area contributed by atoms with Crippen LogP contribution in [0.3, 0.4) is 0 Å². The highest BCUT2D eigenvalue weighted by molar-refractivity contribution is 9.10. The normalized spacial score (nSPS) is 9.23. The number of nitro groups is 2. The fourth-order valence-electron chi connectivity index (χ4n) is 4.57. The summed E-state index contributed by atoms with van der Waals surface area (Å²) < 4.78 is 40.0. The molecular formula is C40H49BBrF3N6O6. The van der Waals surface area contributed by atoms with Crippen LogP contribution in [0.5, 0.6) is 0 Å². The summed E-state index contributed by atoms with van der Waals surface area (Å²) in [6, 6.07) is 32.3. The molecule has 0 aliphatic carbocycles. The highest BCUT2D eigenvalue weighted by atomic mass is 79.9. The van der Waals surface area contributed by atoms with Gasteiger partial charge in [0.15, 0.2) is 0 Å². The number of rotatable bonds is 5. The third-order valence-corrected chi connectivity index (χ3v) is 7.74. The van der Waals surface area contributed by atoms with Crippen molar-refractivity contribution in [3.05, 3.63) is 170 Å². The first-order chi connectivity index (χ1) is 25.1. The van der Waals surface area contributed by atoms with Crippen molar-refractivity contribution in [2.75, 3.05) is 22.9 Å². The summed E-state index contributed by atoms with van der Waals surface area (Å²) in [6.07, 6.45) is 0. The lowest BCUT2D eigenvalue weighted by molar-refractivity contribution is -0.384. The van der Waals surface area contributed by atoms with Gasteiger partial charge in [-0.3, -0.25) is 20.2 Å². The molecule has 0 unspecified atom stereocenters. The van der Waals surface area contributed by atoms with Crippen molar-refractivity contribution < 1.29 is 34.5 Å². The van der Waals surface area contributed by atoms with E-state index in [-0.39, 0.29) is 76.3 Å². The van der Waals surface area contributed by atoms with Gasteiger partial charge in [-0.15, -0.1) is 0 Å². The molecule has 0 radical (unpaired) electrons. The van der Waals surface area contributed by atoms with Crippen LogP contribution in [0.4, 0.5) is 47.3 Å². The molecule has 6 rings (SSSR count). The van der Waals surface area contributed by atoms with Gasteiger partial charge in [0.2, 0.25) is 0 Å². The van der Waals surface area contributed by atoms with Crippen molar-refractivity contribution in [1.82, 2.24) is 0 Å². The number of nitrogen functional groups attached to an aromatic ring is 4. The van der Waals surface area contributed by atoms with Crippen molar-refractivity contribution in [3.63, 3.8) is 0 Å². The molecule has 10 N–H and O–H groups in total. The number of hydrogen-bond acceptors (Lipinski definition) is 10. The fourth-order valence-corrected chi connectivity index (χ4v) is 5.10. The third kappa shape index (κ3) is 14.3. The number of halogens is 4. The predicted molar refractivity (Wildman–Crippen MR) is 234 cm³/mol. The summed E-state index contributed by atoms with van der Waals surface area (Å²) in [5.74, 6) is -1.41. The molecule has 0 saturated carbocycles. The Bertz CT molecular complexity index is 2210. The molecule has 0 saturated heterocycles. The molecule has 12 nitrogen and oxygen atoms in total. The topological polar surface area (TPSA) is 231 Å². The summed E-state index contributed by atoms with van der Waals surface area (Å²) in [4.78, 5) is 20.2. The Morgan fingerprint density at radius 2 is 0.877 bits per heavy atom. The van der Waals surface area contributed by atoms with Crippen molar-refractivity contribution in [2.45, 2.75) is 29.7 Å². The third-order valence-electron chi connectivity index (χ3n) is 7.10. The van der Waals surface area contributed by atoms with Crippen molar-refractivity contribution in [3.8, 4) is 22.3 Å². The Hall–Kier alpha value is -6.43. The summed E-state index contributed by atoms with van der Waals surface area (Å²) >= 11 is 3.03. The number of benzene rings is 6. The molecular weight excluding hydrogens is 808 g/mol. The van der Waals surface area contributed by atoms with E-state index in [1.807, 2.05) is 0 Å². The maximum Gasteiger partial charge on any atom is 0.491 e. The van der Waals surface area contributed by atoms with E-state index in [4.69, 9.17) is 33.0 Å². The van der Waals surface area contributed by atoms with Crippen LogP contribution in [0.15, 0.2) is 132 Å². The van der Waals surface area contributed by atoms with Crippen LogP contribution in [0.1, 0.15) is 31.1 Å². The van der Waals surface area contributed by atoms with Gasteiger partial charge in [0.05, 0.1) is 31.3 Å². The SMILES string of the molecule is C.C.C.C.Nc1cccc(-c2ccccc2F)c1N.Nc1cccc(-c2ccccc2F)c1[N+](=O)[O-].Nc1cccc(Br)c1[N+](=O)[O-].OB(O)c1ccccc1F.[HH]. The lowest BCUT2D eigenvalue weighted by Crippen LogP contribution is -2.32. The van der Waals surface area contributed by atoms with Crippen LogP contribution in [0, 0.1) is 37.7 Å². The van der Waals surface area contributed by atoms with E-state index >= 15 is 0 Å². The van der Waals surface area contributed by atoms with E-state index in [1.54, 1.807) is 60.7 Å². The number of anilines is 4. The summed E-state index contributed by atoms with van der Waals surface area (Å²) in [7, 11) is -1.72. The summed E-state index contributed by atoms with van der Waals surface area (Å²) in [5.41, 5.74) is 24.5. The fraction of sp³-hybridized carbons (Fsp3) is 0.100. The second-order valence-electron chi connectivity index (χ2n) is 10.6. The first kappa shape index (κ1) is 52.7. The van der Waals surface area contributed by atoms with E-state index in [1.165, 1.54) is 66.7 Å². The molecule has 0 fully saturated rings. The zero-order valence-electron chi connectivity index (χ0n) is 27.4. The smallest absolute Gasteiger partial charge is 0.423 e. The molecule has 306 valence electrons. The van der Waals surface area contributed by atoms with Gasteiger partial charge in [-0.2, -0.15) is 0 Å². The van der Waals surface area contributed by atoms with Crippen LogP contribution in [0.2, 0.25) is 0 Å². The zero-order chi connectivity index (χ0) is 39.2. The van der Waals surface area contributed by atoms with Gasteiger partial charge in [0, 0.05) is 23.6 Å². The van der Waals surface area contributed by atoms with Gasteiger partial charge >= 0.3 is 12.8 Å². The Kier molecular flexibility index (Phi) is 23.0. The monoisotopic (exact) mass is 856 g/mol. The minimum Gasteiger partial charge on any atom is -0.423 e. The summed E-state index contributed by atoms with van der Waals surface area (Å²) in [6.45, 7) is 0. The molecule has 57 heavy (non-hydrogen) atoms. The second-order valence-corrected chi connectivity index (χ2v) is 11.5. The highest BCUT2D eigenvalue weighted by Gasteiger charge is 2.21. The molecule has 0 spiro atoms. The maximum atomic E-state index is 13.6. The molecule has 0 aromatic heterocycles. The molecule has 6 aromatic carbocycles. The zero-order valence-corrected chi connectivity index (χ0v) is 29.0. The van der Waals surface area contributed by atoms with Gasteiger partial charge in [-0.1, -0.05) is 109 Å². The number of nitrogens with zero attached hydrogens (tertiary/aromatic N) is 2. The van der Waals surface area contributed by atoms with E-state index in [0.717, 1.165) is 0 Å². The highest BCUT2D eigenvalue weighted by Crippen LogP contribution is 2.36. The number of nitro benzene ring substituents is 2. The second kappa shape index (κ2) is 24.9. The van der Waals surface area contributed by atoms with Crippen molar-refractivity contribution >= 4 is 62.6 Å². The average Bonchev–Trinajstić information content (AvgIpc) is 3.10. The van der Waals surface area contributed by atoms with E-state index in [2.05, 4.69) is 15.9 Å². The molecule has 0 aliphatic heterocycles. The van der Waals surface area contributed by atoms with Gasteiger partial charge in [0.25, 0.3) is 5.69 Å². The predicted octanol–water partition coefficient (Wildman–Crippen LogP) is 9.88. The minimum atomic E-state index is -1.72. The Balaban J connectivity index is -0.000000689. The largest absolute Gasteiger partial charge is 0.491 e. The molecule has 0 atom stereocenters. The molecule has 6 aromatic rings. The van der Waals surface area contributed by atoms with Crippen LogP contribution >= 0.6 is 15.9 Å². The first-order valence-electron chi connectivity index (χ1n) is 15.1. The van der Waals surface area contributed by atoms with E-state index in [0.29, 0.717) is 27.0 Å². The van der Waals surface area contributed by atoms with Gasteiger partial charge in [-0.05, 0) is 64.5 Å². The molecule has 0 bridgehead atoms. The van der Waals surface area contributed by atoms with Gasteiger partial charge in [0.1, 0.15) is 28.8 Å². The Labute approximate surface area is 340 Å². The lowest BCUT2D eigenvalue weighted by atomic mass is 9.80. The van der Waals surface area contributed by atoms with Crippen LogP contribution < -0.4 is 28.4 Å². The minimum absolute atomic E-state index is 0. The van der Waals surface area contributed by atoms with Crippen molar-refractivity contribution in [1.29, 1.82) is 0 Å². The molecule has 0 amide bonds. The first-order valence-corrected chi connectivity index (χ1v) is 15.9. The standard InChI is InChI=1S/C12H9FN2O2.C12H11FN2.C6H6BFO2.C6H5BrN2O2.4CH4.H2/c13-10-6-2-1-4-8(10)9-5-3-7-11(14)12(9)15(16)17;13-10-6-2-1-4-8(10)9-5-3-7-11(14)12(9)15;8-6-4-2-1-3-5(6)7(9)10;7-4-2-1-3-5(8)6(4)9(10)11;;;;;/h1-7H,14H2;1-7H,14-15H2;1-4,9-10H;1-3H,8H2;4*1H4;1H. The van der Waals surface area contributed by atoms with Crippen LogP contribution in [-0.2, 0) is 0 Å². The van der Waals surface area contributed by atoms with Crippen molar-refractivity contribution in [2.24, 2.45) is 0 Å². The van der Waals surface area contributed by atoms with Gasteiger partial charge in [-0.25, -0.2) is 13.2 Å². The lowest BCUT2D eigenvalue weighted by Gasteiger charge is -2.08. The van der Waals surface area contributed by atoms with Crippen LogP contribution in [-0.4, -0.2) is 27.0 Å². The Morgan fingerprint density at radius 1 is 0.509 bits per heavy atom. The van der Waals surface area contributed by atoms with E-state index in [9.17, 15) is 33.4 Å². The quantitative estimate of drug-likeness (QED) is 0.0416.